The van der Waals surface area contributed by atoms with Crippen LogP contribution in [0.4, 0.5) is 0 Å². The lowest BCUT2D eigenvalue weighted by molar-refractivity contribution is -0.564. The van der Waals surface area contributed by atoms with Gasteiger partial charge in [-0.1, -0.05) is 85.2 Å². The third-order valence-electron chi connectivity index (χ3n) is 10.9. The molecule has 4 N–H and O–H groups in total. The van der Waals surface area contributed by atoms with Crippen LogP contribution < -0.4 is 10.6 Å². The van der Waals surface area contributed by atoms with Gasteiger partial charge in [0.15, 0.2) is 6.04 Å². The van der Waals surface area contributed by atoms with Gasteiger partial charge >= 0.3 is 5.90 Å². The van der Waals surface area contributed by atoms with Crippen molar-refractivity contribution in [3.05, 3.63) is 35.9 Å². The van der Waals surface area contributed by atoms with E-state index in [0.29, 0.717) is 13.0 Å². The van der Waals surface area contributed by atoms with E-state index in [1.54, 1.807) is 33.1 Å². The molecule has 0 unspecified atom stereocenters. The molecule has 0 aliphatic carbocycles. The standard InChI is InChI=1S/C40H69N5O7/c1-14-26(6)35(44(11)40(50)33(24(2)3)42-39(49)34(25(4)5)43(9)10)31(51-12)23-32(46)45-22-18-21-30(45)37(52-13)27(7)38(48)41-28(8)36(47)29-19-16-15-17-20-29/h15-17,19-20,24-28,30-31,33-37,47H,14,18,21-23H2,1-13H3,(H2,41,42,48,49)/p+1/t26-,27+,28+,30-,31+,33-,34-,35-,36+,37+/m0/s1. The Morgan fingerprint density at radius 3 is 2.04 bits per heavy atom. The van der Waals surface area contributed by atoms with Gasteiger partial charge < -0.3 is 35.2 Å². The number of rotatable bonds is 20. The molecule has 0 radical (unpaired) electrons. The van der Waals surface area contributed by atoms with E-state index in [-0.39, 0.29) is 59.9 Å². The highest BCUT2D eigenvalue weighted by atomic mass is 16.5. The first-order valence-corrected chi connectivity index (χ1v) is 19.1. The fourth-order valence-corrected chi connectivity index (χ4v) is 7.80. The zero-order chi connectivity index (χ0) is 39.4. The van der Waals surface area contributed by atoms with Crippen LogP contribution in [0.2, 0.25) is 0 Å². The van der Waals surface area contributed by atoms with Crippen LogP contribution in [0, 0.1) is 23.7 Å². The second kappa shape index (κ2) is 21.0. The molecule has 1 aliphatic heterocycles. The molecule has 296 valence electrons. The number of methoxy groups -OCH3 is 2. The molecule has 1 heterocycles. The molecule has 1 aromatic carbocycles. The average Bonchev–Trinajstić information content (AvgIpc) is 3.59. The number of nitrogens with zero attached hydrogens (tertiary/aromatic N) is 3. The van der Waals surface area contributed by atoms with Crippen LogP contribution in [0.15, 0.2) is 30.3 Å². The molecule has 1 fully saturated rings. The first-order valence-electron chi connectivity index (χ1n) is 19.1. The minimum absolute atomic E-state index is 0.0124. The summed E-state index contributed by atoms with van der Waals surface area (Å²) in [7, 11) is 8.65. The number of benzene rings is 1. The zero-order valence-electron chi connectivity index (χ0n) is 34.1. The predicted molar refractivity (Wildman–Crippen MR) is 205 cm³/mol. The lowest BCUT2D eigenvalue weighted by atomic mass is 9.89. The number of carbonyl (C=O) groups excluding carboxylic acids is 3. The van der Waals surface area contributed by atoms with Crippen LogP contribution >= 0.6 is 0 Å². The molecule has 52 heavy (non-hydrogen) atoms. The van der Waals surface area contributed by atoms with Crippen molar-refractivity contribution in [2.24, 2.45) is 23.7 Å². The van der Waals surface area contributed by atoms with Crippen molar-refractivity contribution in [2.45, 2.75) is 130 Å². The number of aliphatic hydroxyl groups is 2. The van der Waals surface area contributed by atoms with Gasteiger partial charge in [-0.3, -0.25) is 19.3 Å². The monoisotopic (exact) mass is 733 g/mol. The third kappa shape index (κ3) is 11.5. The summed E-state index contributed by atoms with van der Waals surface area (Å²) in [5, 5.41) is 28.6. The van der Waals surface area contributed by atoms with Crippen LogP contribution in [0.25, 0.3) is 0 Å². The Hall–Kier alpha value is -3.06. The largest absolute Gasteiger partial charge is 0.463 e. The van der Waals surface area contributed by atoms with Crippen molar-refractivity contribution in [1.82, 2.24) is 20.4 Å². The number of carbonyl (C=O) groups is 3. The topological polar surface area (TPSA) is 144 Å². The lowest BCUT2D eigenvalue weighted by Crippen LogP contribution is -2.59. The van der Waals surface area contributed by atoms with E-state index in [1.165, 1.54) is 0 Å². The summed E-state index contributed by atoms with van der Waals surface area (Å²) in [6.45, 7) is 16.1. The van der Waals surface area contributed by atoms with Crippen molar-refractivity contribution in [1.29, 1.82) is 0 Å². The van der Waals surface area contributed by atoms with Crippen LogP contribution in [0.1, 0.15) is 92.7 Å². The van der Waals surface area contributed by atoms with E-state index in [2.05, 4.69) is 24.5 Å². The Labute approximate surface area is 313 Å². The maximum Gasteiger partial charge on any atom is 0.336 e. The highest BCUT2D eigenvalue weighted by Crippen LogP contribution is 2.27. The summed E-state index contributed by atoms with van der Waals surface area (Å²) in [5.74, 6) is -1.19. The number of nitrogens with one attached hydrogen (secondary N) is 2. The molecule has 0 aromatic heterocycles. The molecule has 1 saturated heterocycles. The van der Waals surface area contributed by atoms with Gasteiger partial charge in [0.2, 0.25) is 17.7 Å². The number of likely N-dealkylation sites (N-methyl/N-ethyl adjacent to an activating group) is 2. The second-order valence-electron chi connectivity index (χ2n) is 15.6. The average molecular weight is 733 g/mol. The van der Waals surface area contributed by atoms with E-state index >= 15 is 0 Å². The summed E-state index contributed by atoms with van der Waals surface area (Å²) in [6.07, 6.45) is 0.472. The number of hydrogen-bond acceptors (Lipinski definition) is 7. The summed E-state index contributed by atoms with van der Waals surface area (Å²) in [4.78, 5) is 44.7. The predicted octanol–water partition coefficient (Wildman–Crippen LogP) is 4.01. The van der Waals surface area contributed by atoms with E-state index in [1.807, 2.05) is 88.5 Å². The first-order chi connectivity index (χ1) is 24.4. The van der Waals surface area contributed by atoms with Gasteiger partial charge in [0, 0.05) is 34.1 Å². The highest BCUT2D eigenvalue weighted by Gasteiger charge is 2.45. The van der Waals surface area contributed by atoms with Crippen molar-refractivity contribution < 1.29 is 38.6 Å². The van der Waals surface area contributed by atoms with Crippen molar-refractivity contribution in [3.63, 3.8) is 0 Å². The van der Waals surface area contributed by atoms with E-state index < -0.39 is 42.4 Å². The molecule has 0 saturated carbocycles. The third-order valence-corrected chi connectivity index (χ3v) is 10.9. The van der Waals surface area contributed by atoms with Gasteiger partial charge in [-0.15, -0.1) is 0 Å². The quantitative estimate of drug-likeness (QED) is 0.116. The van der Waals surface area contributed by atoms with Crippen molar-refractivity contribution >= 4 is 23.6 Å². The Bertz CT molecular complexity index is 1300. The van der Waals surface area contributed by atoms with Gasteiger partial charge in [0.1, 0.15) is 18.7 Å². The maximum atomic E-state index is 14.2. The van der Waals surface area contributed by atoms with Crippen molar-refractivity contribution in [2.75, 3.05) is 41.9 Å². The Morgan fingerprint density at radius 1 is 0.923 bits per heavy atom. The number of ether oxygens (including phenoxy) is 2. The van der Waals surface area contributed by atoms with Crippen LogP contribution in [0.5, 0.6) is 0 Å². The summed E-state index contributed by atoms with van der Waals surface area (Å²) in [6, 6.07) is 6.89. The molecule has 0 bridgehead atoms. The van der Waals surface area contributed by atoms with Crippen LogP contribution in [-0.2, 0) is 23.9 Å². The number of aliphatic hydroxyl groups excluding tert-OH is 2. The SMILES string of the molecule is CC[C@H](C)[C@@H]([C@@H](CC(O)=[N+]1CCC[C@H]1[C@H](OC)[C@@H](C)C(=O)N[C@H](C)[C@@H](O)c1ccccc1)OC)N(C)C(=O)[C@@H](NC(=O)[C@H](C(C)C)N(C)C)C(C)C. The van der Waals surface area contributed by atoms with E-state index in [4.69, 9.17) is 9.47 Å². The van der Waals surface area contributed by atoms with Crippen molar-refractivity contribution in [3.8, 4) is 0 Å². The van der Waals surface area contributed by atoms with E-state index in [9.17, 15) is 24.6 Å². The lowest BCUT2D eigenvalue weighted by Gasteiger charge is -2.40. The number of hydrogen-bond donors (Lipinski definition) is 4. The number of amides is 3. The normalized spacial score (nSPS) is 21.1. The summed E-state index contributed by atoms with van der Waals surface area (Å²) < 4.78 is 13.9. The molecule has 2 rings (SSSR count). The molecular formula is C40H70N5O7+. The van der Waals surface area contributed by atoms with E-state index in [0.717, 1.165) is 18.4 Å². The van der Waals surface area contributed by atoms with Gasteiger partial charge in [0.25, 0.3) is 0 Å². The Balaban J connectivity index is 2.32. The van der Waals surface area contributed by atoms with Gasteiger partial charge in [0.05, 0.1) is 42.7 Å². The Kier molecular flexibility index (Phi) is 18.2. The molecule has 10 atom stereocenters. The molecule has 12 nitrogen and oxygen atoms in total. The molecule has 1 aliphatic rings. The minimum atomic E-state index is -0.866. The zero-order valence-corrected chi connectivity index (χ0v) is 34.1. The highest BCUT2D eigenvalue weighted by molar-refractivity contribution is 5.90. The molecule has 1 aromatic rings. The second-order valence-corrected chi connectivity index (χ2v) is 15.6. The smallest absolute Gasteiger partial charge is 0.336 e. The van der Waals surface area contributed by atoms with Gasteiger partial charge in [-0.05, 0) is 44.3 Å². The Morgan fingerprint density at radius 2 is 1.54 bits per heavy atom. The molecular weight excluding hydrogens is 662 g/mol. The minimum Gasteiger partial charge on any atom is -0.463 e. The fraction of sp³-hybridized carbons (Fsp3) is 0.750. The summed E-state index contributed by atoms with van der Waals surface area (Å²) in [5.41, 5.74) is 0.719. The molecule has 0 spiro atoms. The first kappa shape index (κ1) is 45.1. The van der Waals surface area contributed by atoms with Crippen LogP contribution in [0.3, 0.4) is 0 Å². The molecule has 3 amide bonds. The fourth-order valence-electron chi connectivity index (χ4n) is 7.80. The van der Waals surface area contributed by atoms with Gasteiger partial charge in [-0.2, -0.15) is 4.58 Å². The molecule has 12 heteroatoms. The maximum absolute atomic E-state index is 14.2. The van der Waals surface area contributed by atoms with Gasteiger partial charge in [-0.25, -0.2) is 0 Å². The summed E-state index contributed by atoms with van der Waals surface area (Å²) >= 11 is 0. The van der Waals surface area contributed by atoms with Crippen LogP contribution in [-0.4, -0.2) is 133 Å².